The molecule has 1 fully saturated rings. The first-order chi connectivity index (χ1) is 14.7. The monoisotopic (exact) mass is 408 g/mol. The van der Waals surface area contributed by atoms with Gasteiger partial charge in [0.25, 0.3) is 5.91 Å². The van der Waals surface area contributed by atoms with Crippen LogP contribution in [0.3, 0.4) is 0 Å². The maximum absolute atomic E-state index is 12.6. The molecule has 0 radical (unpaired) electrons. The summed E-state index contributed by atoms with van der Waals surface area (Å²) in [5.74, 6) is 1.29. The molecule has 1 aliphatic heterocycles. The number of nitrogens with zero attached hydrogens (tertiary/aromatic N) is 3. The summed E-state index contributed by atoms with van der Waals surface area (Å²) in [6.07, 6.45) is 8.35. The second-order valence-electron chi connectivity index (χ2n) is 7.50. The van der Waals surface area contributed by atoms with Crippen molar-refractivity contribution in [1.82, 2.24) is 14.3 Å². The number of aromatic nitrogens is 2. The number of fused-ring (bicyclic) bond motifs is 1. The van der Waals surface area contributed by atoms with Crippen molar-refractivity contribution in [3.05, 3.63) is 42.7 Å². The molecule has 0 unspecified atom stereocenters. The van der Waals surface area contributed by atoms with Crippen molar-refractivity contribution in [3.63, 3.8) is 0 Å². The van der Waals surface area contributed by atoms with Crippen molar-refractivity contribution >= 4 is 17.2 Å². The van der Waals surface area contributed by atoms with Gasteiger partial charge in [0, 0.05) is 31.0 Å². The molecule has 3 heterocycles. The van der Waals surface area contributed by atoms with Crippen LogP contribution in [0, 0.1) is 0 Å². The van der Waals surface area contributed by atoms with Crippen LogP contribution in [-0.4, -0.2) is 46.5 Å². The fourth-order valence-electron chi connectivity index (χ4n) is 3.78. The summed E-state index contributed by atoms with van der Waals surface area (Å²) >= 11 is 0. The third kappa shape index (κ3) is 4.35. The summed E-state index contributed by atoms with van der Waals surface area (Å²) < 4.78 is 13.3. The van der Waals surface area contributed by atoms with Gasteiger partial charge in [-0.3, -0.25) is 4.79 Å². The van der Waals surface area contributed by atoms with Gasteiger partial charge in [0.15, 0.2) is 18.0 Å². The standard InChI is InChI=1S/C23H28N4O3/c1-2-29-20-10-9-17(14-18(20)24)19-15-27-13-7-8-21(23(27)25-19)30-16-22(28)26-11-5-3-4-6-12-26/h7-10,13-15H,2-6,11-12,16,24H2,1H3. The Morgan fingerprint density at radius 3 is 2.63 bits per heavy atom. The van der Waals surface area contributed by atoms with E-state index in [9.17, 15) is 4.79 Å². The molecule has 7 heteroatoms. The number of carbonyl (C=O) groups excluding carboxylic acids is 1. The smallest absolute Gasteiger partial charge is 0.260 e. The molecule has 3 aromatic rings. The topological polar surface area (TPSA) is 82.1 Å². The largest absolute Gasteiger partial charge is 0.492 e. The summed E-state index contributed by atoms with van der Waals surface area (Å²) in [4.78, 5) is 19.2. The molecule has 30 heavy (non-hydrogen) atoms. The van der Waals surface area contributed by atoms with Crippen LogP contribution >= 0.6 is 0 Å². The van der Waals surface area contributed by atoms with Crippen molar-refractivity contribution < 1.29 is 14.3 Å². The molecule has 2 N–H and O–H groups in total. The number of amides is 1. The van der Waals surface area contributed by atoms with Gasteiger partial charge in [0.2, 0.25) is 0 Å². The van der Waals surface area contributed by atoms with Gasteiger partial charge in [-0.2, -0.15) is 0 Å². The highest BCUT2D eigenvalue weighted by atomic mass is 16.5. The van der Waals surface area contributed by atoms with Crippen LogP contribution in [0.2, 0.25) is 0 Å². The maximum Gasteiger partial charge on any atom is 0.260 e. The number of nitrogens with two attached hydrogens (primary N) is 1. The average molecular weight is 409 g/mol. The minimum atomic E-state index is 0.0257. The SMILES string of the molecule is CCOc1ccc(-c2cn3cccc(OCC(=O)N4CCCCCC4)c3n2)cc1N. The van der Waals surface area contributed by atoms with Crippen LogP contribution in [-0.2, 0) is 4.79 Å². The molecule has 4 rings (SSSR count). The number of anilines is 1. The van der Waals surface area contributed by atoms with Gasteiger partial charge < -0.3 is 24.5 Å². The second-order valence-corrected chi connectivity index (χ2v) is 7.50. The van der Waals surface area contributed by atoms with Gasteiger partial charge >= 0.3 is 0 Å². The number of hydrogen-bond donors (Lipinski definition) is 1. The molecule has 1 aromatic carbocycles. The first-order valence-corrected chi connectivity index (χ1v) is 10.6. The van der Waals surface area contributed by atoms with E-state index in [-0.39, 0.29) is 12.5 Å². The molecule has 7 nitrogen and oxygen atoms in total. The Bertz CT molecular complexity index is 1020. The van der Waals surface area contributed by atoms with Crippen molar-refractivity contribution in [2.75, 3.05) is 32.0 Å². The molecule has 0 saturated carbocycles. The van der Waals surface area contributed by atoms with E-state index >= 15 is 0 Å². The van der Waals surface area contributed by atoms with E-state index in [2.05, 4.69) is 0 Å². The third-order valence-electron chi connectivity index (χ3n) is 5.36. The molecule has 158 valence electrons. The zero-order chi connectivity index (χ0) is 20.9. The van der Waals surface area contributed by atoms with Crippen LogP contribution in [0.25, 0.3) is 16.9 Å². The number of nitrogen functional groups attached to an aromatic ring is 1. The Hall–Kier alpha value is -3.22. The Morgan fingerprint density at radius 2 is 1.90 bits per heavy atom. The van der Waals surface area contributed by atoms with E-state index in [0.717, 1.165) is 37.2 Å². The van der Waals surface area contributed by atoms with E-state index in [4.69, 9.17) is 20.2 Å². The molecule has 1 amide bonds. The molecule has 0 spiro atoms. The minimum absolute atomic E-state index is 0.0257. The fourth-order valence-corrected chi connectivity index (χ4v) is 3.78. The third-order valence-corrected chi connectivity index (χ3v) is 5.36. The number of imidazole rings is 1. The lowest BCUT2D eigenvalue weighted by Gasteiger charge is -2.20. The molecule has 0 aliphatic carbocycles. The highest BCUT2D eigenvalue weighted by Crippen LogP contribution is 2.30. The molecule has 1 aliphatic rings. The van der Waals surface area contributed by atoms with Crippen molar-refractivity contribution in [2.24, 2.45) is 0 Å². The average Bonchev–Trinajstić information content (AvgIpc) is 3.00. The minimum Gasteiger partial charge on any atom is -0.492 e. The van der Waals surface area contributed by atoms with Gasteiger partial charge in [-0.25, -0.2) is 4.98 Å². The predicted octanol–water partition coefficient (Wildman–Crippen LogP) is 3.76. The van der Waals surface area contributed by atoms with Gasteiger partial charge in [-0.05, 0) is 50.1 Å². The van der Waals surface area contributed by atoms with Crippen LogP contribution < -0.4 is 15.2 Å². The summed E-state index contributed by atoms with van der Waals surface area (Å²) in [6, 6.07) is 9.38. The number of carbonyl (C=O) groups is 1. The van der Waals surface area contributed by atoms with Gasteiger partial charge in [-0.1, -0.05) is 12.8 Å². The molecule has 0 atom stereocenters. The van der Waals surface area contributed by atoms with E-state index in [1.165, 1.54) is 12.8 Å². The van der Waals surface area contributed by atoms with E-state index in [0.29, 0.717) is 29.4 Å². The van der Waals surface area contributed by atoms with Crippen LogP contribution in [0.5, 0.6) is 11.5 Å². The lowest BCUT2D eigenvalue weighted by atomic mass is 10.1. The summed E-state index contributed by atoms with van der Waals surface area (Å²) in [5.41, 5.74) is 9.02. The lowest BCUT2D eigenvalue weighted by Crippen LogP contribution is -2.35. The molecule has 2 aromatic heterocycles. The first-order valence-electron chi connectivity index (χ1n) is 10.6. The maximum atomic E-state index is 12.6. The number of hydrogen-bond acceptors (Lipinski definition) is 5. The zero-order valence-corrected chi connectivity index (χ0v) is 17.3. The molecular formula is C23H28N4O3. The Balaban J connectivity index is 1.52. The zero-order valence-electron chi connectivity index (χ0n) is 17.3. The highest BCUT2D eigenvalue weighted by Gasteiger charge is 2.17. The highest BCUT2D eigenvalue weighted by molar-refractivity contribution is 5.78. The number of ether oxygens (including phenoxy) is 2. The van der Waals surface area contributed by atoms with Crippen LogP contribution in [0.1, 0.15) is 32.6 Å². The quantitative estimate of drug-likeness (QED) is 0.628. The number of likely N-dealkylation sites (tertiary alicyclic amines) is 1. The summed E-state index contributed by atoms with van der Waals surface area (Å²) in [7, 11) is 0. The molecule has 1 saturated heterocycles. The molecular weight excluding hydrogens is 380 g/mol. The van der Waals surface area contributed by atoms with Crippen LogP contribution in [0.15, 0.2) is 42.7 Å². The Labute approximate surface area is 176 Å². The summed E-state index contributed by atoms with van der Waals surface area (Å²) in [5, 5.41) is 0. The van der Waals surface area contributed by atoms with Crippen molar-refractivity contribution in [1.29, 1.82) is 0 Å². The lowest BCUT2D eigenvalue weighted by molar-refractivity contribution is -0.133. The van der Waals surface area contributed by atoms with E-state index in [1.807, 2.05) is 58.9 Å². The van der Waals surface area contributed by atoms with E-state index < -0.39 is 0 Å². The second kappa shape index (κ2) is 9.07. The number of rotatable bonds is 6. The first kappa shape index (κ1) is 20.1. The normalized spacial score (nSPS) is 14.5. The predicted molar refractivity (Wildman–Crippen MR) is 117 cm³/mol. The summed E-state index contributed by atoms with van der Waals surface area (Å²) in [6.45, 7) is 4.15. The van der Waals surface area contributed by atoms with Crippen molar-refractivity contribution in [2.45, 2.75) is 32.6 Å². The van der Waals surface area contributed by atoms with Gasteiger partial charge in [0.05, 0.1) is 18.0 Å². The molecule has 0 bridgehead atoms. The van der Waals surface area contributed by atoms with Crippen LogP contribution in [0.4, 0.5) is 5.69 Å². The Morgan fingerprint density at radius 1 is 1.10 bits per heavy atom. The Kier molecular flexibility index (Phi) is 6.07. The van der Waals surface area contributed by atoms with Gasteiger partial charge in [0.1, 0.15) is 5.75 Å². The van der Waals surface area contributed by atoms with Gasteiger partial charge in [-0.15, -0.1) is 0 Å². The fraction of sp³-hybridized carbons (Fsp3) is 0.391. The van der Waals surface area contributed by atoms with Crippen molar-refractivity contribution in [3.8, 4) is 22.8 Å². The number of pyridine rings is 1. The number of benzene rings is 1. The van der Waals surface area contributed by atoms with E-state index in [1.54, 1.807) is 0 Å².